The number of pyridine rings is 1. The zero-order valence-electron chi connectivity index (χ0n) is 9.41. The van der Waals surface area contributed by atoms with Crippen LogP contribution in [-0.2, 0) is 6.42 Å². The van der Waals surface area contributed by atoms with Crippen molar-refractivity contribution in [1.29, 1.82) is 0 Å². The van der Waals surface area contributed by atoms with Crippen molar-refractivity contribution in [2.45, 2.75) is 12.5 Å². The van der Waals surface area contributed by atoms with Gasteiger partial charge in [-0.3, -0.25) is 4.98 Å². The van der Waals surface area contributed by atoms with Crippen molar-refractivity contribution in [2.75, 3.05) is 0 Å². The molecule has 0 bridgehead atoms. The van der Waals surface area contributed by atoms with Gasteiger partial charge in [0, 0.05) is 22.9 Å². The third kappa shape index (κ3) is 3.28. The number of nitrogens with two attached hydrogens (primary N) is 1. The van der Waals surface area contributed by atoms with Crippen LogP contribution in [0.4, 0.5) is 4.39 Å². The molecule has 2 aromatic rings. The second-order valence-electron chi connectivity index (χ2n) is 4.00. The Labute approximate surface area is 118 Å². The van der Waals surface area contributed by atoms with E-state index in [-0.39, 0.29) is 11.1 Å². The second-order valence-corrected chi connectivity index (χ2v) is 5.32. The summed E-state index contributed by atoms with van der Waals surface area (Å²) in [5, 5.41) is 0.122. The Morgan fingerprint density at radius 2 is 2.11 bits per heavy atom. The number of aromatic nitrogens is 1. The molecule has 0 fully saturated rings. The van der Waals surface area contributed by atoms with Gasteiger partial charge in [-0.25, -0.2) is 4.39 Å². The molecule has 5 heteroatoms. The fourth-order valence-corrected chi connectivity index (χ4v) is 2.17. The Morgan fingerprint density at radius 1 is 1.33 bits per heavy atom. The number of benzene rings is 1. The van der Waals surface area contributed by atoms with Crippen molar-refractivity contribution in [3.05, 3.63) is 63.1 Å². The van der Waals surface area contributed by atoms with E-state index >= 15 is 0 Å². The molecule has 0 radical (unpaired) electrons. The molecule has 0 aliphatic carbocycles. The summed E-state index contributed by atoms with van der Waals surface area (Å²) in [6.45, 7) is 0. The Balaban J connectivity index is 2.16. The predicted octanol–water partition coefficient (Wildman–Crippen LogP) is 3.88. The number of nitrogens with zero attached hydrogens (tertiary/aromatic N) is 1. The lowest BCUT2D eigenvalue weighted by molar-refractivity contribution is 0.622. The predicted molar refractivity (Wildman–Crippen MR) is 74.0 cm³/mol. The minimum Gasteiger partial charge on any atom is -0.324 e. The lowest BCUT2D eigenvalue weighted by Gasteiger charge is -2.12. The summed E-state index contributed by atoms with van der Waals surface area (Å²) in [6.07, 6.45) is 3.94. The van der Waals surface area contributed by atoms with E-state index in [9.17, 15) is 4.39 Å². The first-order valence-electron chi connectivity index (χ1n) is 5.36. The van der Waals surface area contributed by atoms with E-state index in [0.717, 1.165) is 15.6 Å². The maximum Gasteiger partial charge on any atom is 0.142 e. The van der Waals surface area contributed by atoms with Crippen molar-refractivity contribution in [3.63, 3.8) is 0 Å². The summed E-state index contributed by atoms with van der Waals surface area (Å²) in [5.74, 6) is -0.422. The molecule has 0 aliphatic rings. The zero-order valence-corrected chi connectivity index (χ0v) is 11.7. The minimum atomic E-state index is -0.422. The first kappa shape index (κ1) is 13.5. The molecular formula is C13H11BrClFN2. The van der Waals surface area contributed by atoms with Gasteiger partial charge in [-0.15, -0.1) is 0 Å². The van der Waals surface area contributed by atoms with Gasteiger partial charge in [-0.2, -0.15) is 0 Å². The number of hydrogen-bond acceptors (Lipinski definition) is 2. The van der Waals surface area contributed by atoms with Gasteiger partial charge in [0.2, 0.25) is 0 Å². The average molecular weight is 330 g/mol. The highest BCUT2D eigenvalue weighted by atomic mass is 79.9. The SMILES string of the molecule is NC(Cc1ccc(Cl)c(F)c1)c1cncc(Br)c1. The molecule has 1 aromatic heterocycles. The van der Waals surface area contributed by atoms with Crippen molar-refractivity contribution < 1.29 is 4.39 Å². The van der Waals surface area contributed by atoms with Gasteiger partial charge >= 0.3 is 0 Å². The molecule has 0 saturated carbocycles. The molecule has 0 amide bonds. The van der Waals surface area contributed by atoms with Gasteiger partial charge in [-0.1, -0.05) is 17.7 Å². The summed E-state index contributed by atoms with van der Waals surface area (Å²) < 4.78 is 14.2. The summed E-state index contributed by atoms with van der Waals surface area (Å²) in [6, 6.07) is 6.40. The first-order chi connectivity index (χ1) is 8.56. The van der Waals surface area contributed by atoms with Crippen LogP contribution >= 0.6 is 27.5 Å². The first-order valence-corrected chi connectivity index (χ1v) is 6.53. The topological polar surface area (TPSA) is 38.9 Å². The molecule has 2 rings (SSSR count). The van der Waals surface area contributed by atoms with Crippen LogP contribution in [0.25, 0.3) is 0 Å². The van der Waals surface area contributed by atoms with Crippen LogP contribution in [-0.4, -0.2) is 4.98 Å². The molecule has 2 N–H and O–H groups in total. The van der Waals surface area contributed by atoms with E-state index in [2.05, 4.69) is 20.9 Å². The zero-order chi connectivity index (χ0) is 13.1. The van der Waals surface area contributed by atoms with E-state index in [1.165, 1.54) is 12.1 Å². The fraction of sp³-hybridized carbons (Fsp3) is 0.154. The minimum absolute atomic E-state index is 0.122. The molecule has 1 atom stereocenters. The van der Waals surface area contributed by atoms with Crippen molar-refractivity contribution in [3.8, 4) is 0 Å². The van der Waals surface area contributed by atoms with Crippen LogP contribution in [0.1, 0.15) is 17.2 Å². The van der Waals surface area contributed by atoms with Gasteiger partial charge in [0.15, 0.2) is 0 Å². The van der Waals surface area contributed by atoms with Crippen LogP contribution in [0.3, 0.4) is 0 Å². The molecule has 1 aromatic carbocycles. The third-order valence-corrected chi connectivity index (χ3v) is 3.33. The Hall–Kier alpha value is -0.970. The van der Waals surface area contributed by atoms with E-state index in [0.29, 0.717) is 6.42 Å². The van der Waals surface area contributed by atoms with Crippen molar-refractivity contribution >= 4 is 27.5 Å². The van der Waals surface area contributed by atoms with Crippen molar-refractivity contribution in [1.82, 2.24) is 4.98 Å². The van der Waals surface area contributed by atoms with E-state index in [4.69, 9.17) is 17.3 Å². The average Bonchev–Trinajstić information content (AvgIpc) is 2.34. The van der Waals surface area contributed by atoms with Crippen LogP contribution < -0.4 is 5.73 Å². The molecule has 0 saturated heterocycles. The smallest absolute Gasteiger partial charge is 0.142 e. The van der Waals surface area contributed by atoms with Crippen molar-refractivity contribution in [2.24, 2.45) is 5.73 Å². The van der Waals surface area contributed by atoms with Gasteiger partial charge in [0.25, 0.3) is 0 Å². The molecule has 2 nitrogen and oxygen atoms in total. The molecule has 94 valence electrons. The monoisotopic (exact) mass is 328 g/mol. The number of hydrogen-bond donors (Lipinski definition) is 1. The maximum absolute atomic E-state index is 13.3. The highest BCUT2D eigenvalue weighted by Gasteiger charge is 2.09. The Bertz CT molecular complexity index is 562. The lowest BCUT2D eigenvalue weighted by atomic mass is 10.0. The Kier molecular flexibility index (Phi) is 4.32. The van der Waals surface area contributed by atoms with Crippen LogP contribution in [0, 0.1) is 5.82 Å². The van der Waals surface area contributed by atoms with Gasteiger partial charge in [0.05, 0.1) is 5.02 Å². The normalized spacial score (nSPS) is 12.4. The van der Waals surface area contributed by atoms with Crippen LogP contribution in [0.5, 0.6) is 0 Å². The maximum atomic E-state index is 13.3. The number of halogens is 3. The Morgan fingerprint density at radius 3 is 2.78 bits per heavy atom. The molecule has 1 unspecified atom stereocenters. The third-order valence-electron chi connectivity index (χ3n) is 2.59. The quantitative estimate of drug-likeness (QED) is 0.928. The summed E-state index contributed by atoms with van der Waals surface area (Å²) in [7, 11) is 0. The highest BCUT2D eigenvalue weighted by Crippen LogP contribution is 2.21. The van der Waals surface area contributed by atoms with Gasteiger partial charge < -0.3 is 5.73 Å². The molecule has 0 spiro atoms. The van der Waals surface area contributed by atoms with Crippen LogP contribution in [0.15, 0.2) is 41.1 Å². The molecule has 1 heterocycles. The largest absolute Gasteiger partial charge is 0.324 e. The second kappa shape index (κ2) is 5.78. The number of rotatable bonds is 3. The molecule has 18 heavy (non-hydrogen) atoms. The highest BCUT2D eigenvalue weighted by molar-refractivity contribution is 9.10. The summed E-state index contributed by atoms with van der Waals surface area (Å²) in [5.41, 5.74) is 7.78. The fourth-order valence-electron chi connectivity index (χ4n) is 1.67. The van der Waals surface area contributed by atoms with E-state index in [1.807, 2.05) is 6.07 Å². The summed E-state index contributed by atoms with van der Waals surface area (Å²) in [4.78, 5) is 4.06. The van der Waals surface area contributed by atoms with Crippen LogP contribution in [0.2, 0.25) is 5.02 Å². The summed E-state index contributed by atoms with van der Waals surface area (Å²) >= 11 is 8.97. The van der Waals surface area contributed by atoms with Gasteiger partial charge in [-0.05, 0) is 51.7 Å². The standard InChI is InChI=1S/C13H11BrClFN2/c14-10-5-9(6-18-7-10)13(17)4-8-1-2-11(15)12(16)3-8/h1-3,5-7,13H,4,17H2. The molecule has 0 aliphatic heterocycles. The lowest BCUT2D eigenvalue weighted by Crippen LogP contribution is -2.13. The van der Waals surface area contributed by atoms with E-state index in [1.54, 1.807) is 18.5 Å². The molecular weight excluding hydrogens is 319 g/mol. The van der Waals surface area contributed by atoms with Gasteiger partial charge in [0.1, 0.15) is 5.82 Å². The van der Waals surface area contributed by atoms with E-state index < -0.39 is 5.82 Å².